The number of halogens is 2. The SMILES string of the molecule is O=C(N[C@@H]1CC[C@H]2OCCO[C@@H]2C1)c1c(F)cccc1F. The molecule has 2 fully saturated rings. The van der Waals surface area contributed by atoms with E-state index in [-0.39, 0.29) is 18.2 Å². The molecule has 6 heteroatoms. The molecule has 1 heterocycles. The van der Waals surface area contributed by atoms with E-state index in [0.717, 1.165) is 18.6 Å². The van der Waals surface area contributed by atoms with Crippen LogP contribution in [0.5, 0.6) is 0 Å². The standard InChI is InChI=1S/C15H17F2NO3/c16-10-2-1-3-11(17)14(10)15(19)18-9-4-5-12-13(8-9)21-7-6-20-12/h1-3,9,12-13H,4-8H2,(H,18,19)/t9-,12-,13-/m1/s1. The van der Waals surface area contributed by atoms with Crippen molar-refractivity contribution < 1.29 is 23.0 Å². The van der Waals surface area contributed by atoms with Crippen LogP contribution in [0.3, 0.4) is 0 Å². The smallest absolute Gasteiger partial charge is 0.257 e. The third-order valence-electron chi connectivity index (χ3n) is 4.00. The summed E-state index contributed by atoms with van der Waals surface area (Å²) in [7, 11) is 0. The van der Waals surface area contributed by atoms with Crippen LogP contribution in [0, 0.1) is 11.6 Å². The summed E-state index contributed by atoms with van der Waals surface area (Å²) in [6.07, 6.45) is 2.11. The molecule has 0 radical (unpaired) electrons. The molecule has 3 atom stereocenters. The fraction of sp³-hybridized carbons (Fsp3) is 0.533. The van der Waals surface area contributed by atoms with Crippen molar-refractivity contribution in [3.05, 3.63) is 35.4 Å². The highest BCUT2D eigenvalue weighted by Crippen LogP contribution is 2.27. The maximum absolute atomic E-state index is 13.6. The molecule has 0 aromatic heterocycles. The summed E-state index contributed by atoms with van der Waals surface area (Å²) in [6, 6.07) is 3.24. The Balaban J connectivity index is 1.65. The van der Waals surface area contributed by atoms with Crippen LogP contribution in [-0.4, -0.2) is 37.4 Å². The molecule has 114 valence electrons. The Morgan fingerprint density at radius 1 is 1.10 bits per heavy atom. The summed E-state index contributed by atoms with van der Waals surface area (Å²) >= 11 is 0. The maximum Gasteiger partial charge on any atom is 0.257 e. The van der Waals surface area contributed by atoms with Crippen molar-refractivity contribution in [2.24, 2.45) is 0 Å². The lowest BCUT2D eigenvalue weighted by molar-refractivity contribution is -0.157. The van der Waals surface area contributed by atoms with Gasteiger partial charge in [-0.25, -0.2) is 8.78 Å². The Morgan fingerprint density at radius 2 is 1.76 bits per heavy atom. The lowest BCUT2D eigenvalue weighted by Crippen LogP contribution is -2.49. The quantitative estimate of drug-likeness (QED) is 0.908. The van der Waals surface area contributed by atoms with Crippen LogP contribution in [-0.2, 0) is 9.47 Å². The summed E-state index contributed by atoms with van der Waals surface area (Å²) in [5.41, 5.74) is -0.527. The first-order chi connectivity index (χ1) is 10.1. The molecule has 1 aromatic carbocycles. The molecule has 1 saturated carbocycles. The molecule has 0 bridgehead atoms. The molecule has 21 heavy (non-hydrogen) atoms. The zero-order valence-corrected chi connectivity index (χ0v) is 11.5. The fourth-order valence-electron chi connectivity index (χ4n) is 2.97. The van der Waals surface area contributed by atoms with E-state index in [1.807, 2.05) is 0 Å². The van der Waals surface area contributed by atoms with Gasteiger partial charge in [0, 0.05) is 6.04 Å². The van der Waals surface area contributed by atoms with Gasteiger partial charge in [-0.2, -0.15) is 0 Å². The fourth-order valence-corrected chi connectivity index (χ4v) is 2.97. The Morgan fingerprint density at radius 3 is 2.48 bits per heavy atom. The van der Waals surface area contributed by atoms with Gasteiger partial charge in [-0.3, -0.25) is 4.79 Å². The molecule has 0 spiro atoms. The van der Waals surface area contributed by atoms with Crippen molar-refractivity contribution in [1.29, 1.82) is 0 Å². The van der Waals surface area contributed by atoms with Gasteiger partial charge >= 0.3 is 0 Å². The van der Waals surface area contributed by atoms with Crippen LogP contribution < -0.4 is 5.32 Å². The van der Waals surface area contributed by atoms with Gasteiger partial charge in [-0.1, -0.05) is 6.07 Å². The predicted molar refractivity (Wildman–Crippen MR) is 70.9 cm³/mol. The molecular formula is C15H17F2NO3. The molecule has 1 aliphatic heterocycles. The van der Waals surface area contributed by atoms with Crippen LogP contribution in [0.25, 0.3) is 0 Å². The number of rotatable bonds is 2. The highest BCUT2D eigenvalue weighted by Gasteiger charge is 2.35. The lowest BCUT2D eigenvalue weighted by atomic mass is 9.89. The topological polar surface area (TPSA) is 47.6 Å². The Kier molecular flexibility index (Phi) is 4.17. The number of benzene rings is 1. The van der Waals surface area contributed by atoms with Gasteiger partial charge in [-0.15, -0.1) is 0 Å². The summed E-state index contributed by atoms with van der Waals surface area (Å²) in [6.45, 7) is 1.14. The second-order valence-corrected chi connectivity index (χ2v) is 5.40. The van der Waals surface area contributed by atoms with Gasteiger partial charge in [0.2, 0.25) is 0 Å². The monoisotopic (exact) mass is 297 g/mol. The van der Waals surface area contributed by atoms with E-state index in [2.05, 4.69) is 5.32 Å². The number of ether oxygens (including phenoxy) is 2. The maximum atomic E-state index is 13.6. The minimum absolute atomic E-state index is 0.0525. The number of fused-ring (bicyclic) bond motifs is 1. The second-order valence-electron chi connectivity index (χ2n) is 5.40. The van der Waals surface area contributed by atoms with Crippen molar-refractivity contribution in [2.45, 2.75) is 37.5 Å². The van der Waals surface area contributed by atoms with Gasteiger partial charge in [0.1, 0.15) is 17.2 Å². The third-order valence-corrected chi connectivity index (χ3v) is 4.00. The minimum Gasteiger partial charge on any atom is -0.373 e. The first-order valence-electron chi connectivity index (χ1n) is 7.13. The van der Waals surface area contributed by atoms with E-state index in [9.17, 15) is 13.6 Å². The summed E-state index contributed by atoms with van der Waals surface area (Å²) in [5, 5.41) is 2.70. The Bertz CT molecular complexity index is 517. The summed E-state index contributed by atoms with van der Waals surface area (Å²) in [5.74, 6) is -2.41. The molecule has 1 aromatic rings. The van der Waals surface area contributed by atoms with Gasteiger partial charge in [0.15, 0.2) is 0 Å². The summed E-state index contributed by atoms with van der Waals surface area (Å²) < 4.78 is 38.4. The normalized spacial score (nSPS) is 28.8. The molecule has 4 nitrogen and oxygen atoms in total. The average Bonchev–Trinajstić information content (AvgIpc) is 2.47. The Hall–Kier alpha value is -1.53. The zero-order chi connectivity index (χ0) is 14.8. The van der Waals surface area contributed by atoms with Crippen molar-refractivity contribution in [3.63, 3.8) is 0 Å². The van der Waals surface area contributed by atoms with E-state index in [4.69, 9.17) is 9.47 Å². The molecule has 1 aliphatic carbocycles. The van der Waals surface area contributed by atoms with Crippen LogP contribution in [0.2, 0.25) is 0 Å². The largest absolute Gasteiger partial charge is 0.373 e. The van der Waals surface area contributed by atoms with Crippen LogP contribution in [0.1, 0.15) is 29.6 Å². The highest BCUT2D eigenvalue weighted by atomic mass is 19.1. The van der Waals surface area contributed by atoms with Gasteiger partial charge in [0.05, 0.1) is 25.4 Å². The molecule has 0 unspecified atom stereocenters. The molecule has 3 rings (SSSR count). The van der Waals surface area contributed by atoms with Gasteiger partial charge in [-0.05, 0) is 31.4 Å². The van der Waals surface area contributed by atoms with Crippen LogP contribution in [0.15, 0.2) is 18.2 Å². The number of hydrogen-bond donors (Lipinski definition) is 1. The molecule has 1 amide bonds. The van der Waals surface area contributed by atoms with Crippen molar-refractivity contribution in [2.75, 3.05) is 13.2 Å². The highest BCUT2D eigenvalue weighted by molar-refractivity contribution is 5.94. The molecule has 2 aliphatic rings. The first kappa shape index (κ1) is 14.4. The second kappa shape index (κ2) is 6.07. The zero-order valence-electron chi connectivity index (χ0n) is 11.5. The van der Waals surface area contributed by atoms with E-state index in [0.29, 0.717) is 26.1 Å². The van der Waals surface area contributed by atoms with Gasteiger partial charge < -0.3 is 14.8 Å². The predicted octanol–water partition coefficient (Wildman–Crippen LogP) is 2.03. The van der Waals surface area contributed by atoms with Gasteiger partial charge in [0.25, 0.3) is 5.91 Å². The van der Waals surface area contributed by atoms with Crippen LogP contribution >= 0.6 is 0 Å². The number of amides is 1. The number of nitrogens with one attached hydrogen (secondary N) is 1. The van der Waals surface area contributed by atoms with E-state index >= 15 is 0 Å². The van der Waals surface area contributed by atoms with E-state index in [1.165, 1.54) is 6.07 Å². The molecule has 1 saturated heterocycles. The first-order valence-corrected chi connectivity index (χ1v) is 7.13. The van der Waals surface area contributed by atoms with Crippen molar-refractivity contribution in [3.8, 4) is 0 Å². The molecule has 1 N–H and O–H groups in total. The van der Waals surface area contributed by atoms with E-state index < -0.39 is 23.1 Å². The van der Waals surface area contributed by atoms with Crippen molar-refractivity contribution in [1.82, 2.24) is 5.32 Å². The number of carbonyl (C=O) groups is 1. The molecular weight excluding hydrogens is 280 g/mol. The average molecular weight is 297 g/mol. The minimum atomic E-state index is -0.849. The van der Waals surface area contributed by atoms with Crippen LogP contribution in [0.4, 0.5) is 8.78 Å². The number of carbonyl (C=O) groups excluding carboxylic acids is 1. The summed E-state index contributed by atoms with van der Waals surface area (Å²) in [4.78, 5) is 12.1. The third kappa shape index (κ3) is 3.06. The van der Waals surface area contributed by atoms with E-state index in [1.54, 1.807) is 0 Å². The number of hydrogen-bond acceptors (Lipinski definition) is 3. The Labute approximate surface area is 121 Å². The lowest BCUT2D eigenvalue weighted by Gasteiger charge is -2.39. The van der Waals surface area contributed by atoms with Crippen molar-refractivity contribution >= 4 is 5.91 Å².